The molecule has 2 saturated heterocycles. The van der Waals surface area contributed by atoms with E-state index < -0.39 is 0 Å². The Morgan fingerprint density at radius 1 is 1.24 bits per heavy atom. The van der Waals surface area contributed by atoms with Crippen molar-refractivity contribution in [1.29, 1.82) is 0 Å². The van der Waals surface area contributed by atoms with Gasteiger partial charge in [0, 0.05) is 39.5 Å². The maximum Gasteiger partial charge on any atom is 0.267 e. The van der Waals surface area contributed by atoms with Crippen molar-refractivity contribution in [3.63, 3.8) is 0 Å². The summed E-state index contributed by atoms with van der Waals surface area (Å²) in [6.07, 6.45) is 5.34. The molecular formula is C24H30N4O3S2. The van der Waals surface area contributed by atoms with Crippen LogP contribution in [0.25, 0.3) is 11.7 Å². The van der Waals surface area contributed by atoms with Crippen LogP contribution in [0.2, 0.25) is 0 Å². The highest BCUT2D eigenvalue weighted by Crippen LogP contribution is 2.34. The number of thiocarbonyl (C=S) groups is 1. The number of carbonyl (C=O) groups is 1. The van der Waals surface area contributed by atoms with Gasteiger partial charge in [0.2, 0.25) is 0 Å². The number of carbonyl (C=O) groups excluding carboxylic acids is 1. The van der Waals surface area contributed by atoms with E-state index in [-0.39, 0.29) is 11.5 Å². The highest BCUT2D eigenvalue weighted by Gasteiger charge is 2.33. The van der Waals surface area contributed by atoms with Crippen LogP contribution in [0.4, 0.5) is 5.82 Å². The predicted octanol–water partition coefficient (Wildman–Crippen LogP) is 3.72. The van der Waals surface area contributed by atoms with E-state index in [1.165, 1.54) is 11.8 Å². The predicted molar refractivity (Wildman–Crippen MR) is 138 cm³/mol. The third kappa shape index (κ3) is 5.00. The number of hydrogen-bond donors (Lipinski definition) is 0. The topological polar surface area (TPSA) is 67.2 Å². The molecule has 2 unspecified atom stereocenters. The Kier molecular flexibility index (Phi) is 7.21. The van der Waals surface area contributed by atoms with Gasteiger partial charge >= 0.3 is 0 Å². The average molecular weight is 487 g/mol. The van der Waals surface area contributed by atoms with E-state index >= 15 is 0 Å². The molecule has 1 amide bonds. The normalized spacial score (nSPS) is 22.7. The van der Waals surface area contributed by atoms with Crippen LogP contribution in [0.3, 0.4) is 0 Å². The van der Waals surface area contributed by atoms with Crippen LogP contribution < -0.4 is 10.5 Å². The molecule has 0 radical (unpaired) electrons. The first-order valence-corrected chi connectivity index (χ1v) is 12.5. The molecule has 4 rings (SSSR count). The second kappa shape index (κ2) is 9.95. The van der Waals surface area contributed by atoms with Crippen molar-refractivity contribution in [2.24, 2.45) is 11.8 Å². The van der Waals surface area contributed by atoms with Gasteiger partial charge in [0.25, 0.3) is 11.5 Å². The zero-order valence-corrected chi connectivity index (χ0v) is 21.2. The number of rotatable bonds is 6. The van der Waals surface area contributed by atoms with Crippen molar-refractivity contribution in [1.82, 2.24) is 14.3 Å². The minimum absolute atomic E-state index is 0.166. The van der Waals surface area contributed by atoms with E-state index in [9.17, 15) is 9.59 Å². The summed E-state index contributed by atoms with van der Waals surface area (Å²) in [5.41, 5.74) is 1.84. The molecule has 7 nitrogen and oxygen atoms in total. The standard InChI is InChI=1S/C24H30N4O3S2/c1-15-6-7-20-25-21(26-12-16(2)10-17(3)13-26)18(22(29)28(20)14-15)11-19-23(30)27(24(32)33-19)8-5-9-31-4/h6-7,11,14,16-17H,5,8-10,12-13H2,1-4H3/b19-11+. The lowest BCUT2D eigenvalue weighted by molar-refractivity contribution is -0.122. The molecule has 2 aliphatic rings. The molecule has 0 bridgehead atoms. The summed E-state index contributed by atoms with van der Waals surface area (Å²) < 4.78 is 7.18. The fourth-order valence-electron chi connectivity index (χ4n) is 4.64. The summed E-state index contributed by atoms with van der Waals surface area (Å²) in [7, 11) is 1.63. The molecule has 2 aromatic rings. The number of anilines is 1. The second-order valence-corrected chi connectivity index (χ2v) is 10.8. The van der Waals surface area contributed by atoms with E-state index in [4.69, 9.17) is 21.9 Å². The molecule has 0 saturated carbocycles. The highest BCUT2D eigenvalue weighted by molar-refractivity contribution is 8.26. The van der Waals surface area contributed by atoms with Crippen molar-refractivity contribution >= 4 is 51.7 Å². The molecule has 0 N–H and O–H groups in total. The van der Waals surface area contributed by atoms with Crippen LogP contribution in [0.5, 0.6) is 0 Å². The summed E-state index contributed by atoms with van der Waals surface area (Å²) in [5.74, 6) is 1.48. The fraction of sp³-hybridized carbons (Fsp3) is 0.500. The minimum atomic E-state index is -0.172. The van der Waals surface area contributed by atoms with E-state index in [2.05, 4.69) is 18.7 Å². The quantitative estimate of drug-likeness (QED) is 0.350. The lowest BCUT2D eigenvalue weighted by Crippen LogP contribution is -2.40. The zero-order chi connectivity index (χ0) is 23.7. The first-order valence-electron chi connectivity index (χ1n) is 11.3. The van der Waals surface area contributed by atoms with Crippen LogP contribution in [-0.2, 0) is 9.53 Å². The van der Waals surface area contributed by atoms with Gasteiger partial charge in [-0.2, -0.15) is 0 Å². The van der Waals surface area contributed by atoms with Crippen molar-refractivity contribution in [3.8, 4) is 0 Å². The van der Waals surface area contributed by atoms with Gasteiger partial charge in [0.05, 0.1) is 10.5 Å². The molecule has 0 aliphatic carbocycles. The molecule has 176 valence electrons. The van der Waals surface area contributed by atoms with Crippen LogP contribution in [0, 0.1) is 18.8 Å². The van der Waals surface area contributed by atoms with Gasteiger partial charge in [-0.3, -0.25) is 18.9 Å². The zero-order valence-electron chi connectivity index (χ0n) is 19.5. The molecule has 4 heterocycles. The van der Waals surface area contributed by atoms with Crippen LogP contribution >= 0.6 is 24.0 Å². The second-order valence-electron chi connectivity index (χ2n) is 9.12. The summed E-state index contributed by atoms with van der Waals surface area (Å²) in [5, 5.41) is 0. The number of pyridine rings is 1. The molecular weight excluding hydrogens is 456 g/mol. The molecule has 2 aromatic heterocycles. The molecule has 33 heavy (non-hydrogen) atoms. The molecule has 2 aliphatic heterocycles. The number of nitrogens with zero attached hydrogens (tertiary/aromatic N) is 4. The number of aryl methyl sites for hydroxylation is 1. The molecule has 9 heteroatoms. The lowest BCUT2D eigenvalue weighted by Gasteiger charge is -2.36. The third-order valence-electron chi connectivity index (χ3n) is 6.03. The van der Waals surface area contributed by atoms with Gasteiger partial charge in [-0.25, -0.2) is 4.98 Å². The first kappa shape index (κ1) is 23.9. The number of aromatic nitrogens is 2. The van der Waals surface area contributed by atoms with E-state index in [1.54, 1.807) is 28.7 Å². The van der Waals surface area contributed by atoms with Crippen molar-refractivity contribution < 1.29 is 9.53 Å². The largest absolute Gasteiger partial charge is 0.385 e. The Morgan fingerprint density at radius 3 is 2.67 bits per heavy atom. The molecule has 0 aromatic carbocycles. The number of ether oxygens (including phenoxy) is 1. The maximum absolute atomic E-state index is 13.6. The Morgan fingerprint density at radius 2 is 1.97 bits per heavy atom. The Balaban J connectivity index is 1.80. The number of amides is 1. The highest BCUT2D eigenvalue weighted by atomic mass is 32.2. The first-order chi connectivity index (χ1) is 15.8. The van der Waals surface area contributed by atoms with Crippen molar-refractivity contribution in [3.05, 3.63) is 44.7 Å². The molecule has 0 spiro atoms. The van der Waals surface area contributed by atoms with Gasteiger partial charge < -0.3 is 9.64 Å². The Bertz CT molecular complexity index is 1170. The monoisotopic (exact) mass is 486 g/mol. The van der Waals surface area contributed by atoms with Gasteiger partial charge in [0.15, 0.2) is 0 Å². The van der Waals surface area contributed by atoms with E-state index in [0.717, 1.165) is 25.1 Å². The number of fused-ring (bicyclic) bond motifs is 1. The fourth-order valence-corrected chi connectivity index (χ4v) is 5.93. The van der Waals surface area contributed by atoms with Gasteiger partial charge in [-0.05, 0) is 49.3 Å². The van der Waals surface area contributed by atoms with E-state index in [0.29, 0.717) is 57.7 Å². The maximum atomic E-state index is 13.6. The van der Waals surface area contributed by atoms with Gasteiger partial charge in [-0.15, -0.1) is 0 Å². The molecule has 2 fully saturated rings. The molecule has 2 atom stereocenters. The third-order valence-corrected chi connectivity index (χ3v) is 7.41. The SMILES string of the molecule is COCCCN1C(=O)/C(=C\c2c(N3CC(C)CC(C)C3)nc3ccc(C)cn3c2=O)SC1=S. The van der Waals surface area contributed by atoms with Crippen LogP contribution in [-0.4, -0.2) is 57.9 Å². The number of piperidine rings is 1. The number of thioether (sulfide) groups is 1. The summed E-state index contributed by atoms with van der Waals surface area (Å²) >= 11 is 6.70. The van der Waals surface area contributed by atoms with Crippen LogP contribution in [0.1, 0.15) is 37.8 Å². The smallest absolute Gasteiger partial charge is 0.267 e. The van der Waals surface area contributed by atoms with E-state index in [1.807, 2.05) is 19.1 Å². The Hall–Kier alpha value is -2.23. The van der Waals surface area contributed by atoms with Crippen molar-refractivity contribution in [2.45, 2.75) is 33.6 Å². The van der Waals surface area contributed by atoms with Gasteiger partial charge in [-0.1, -0.05) is 43.9 Å². The minimum Gasteiger partial charge on any atom is -0.385 e. The summed E-state index contributed by atoms with van der Waals surface area (Å²) in [6, 6.07) is 3.83. The lowest BCUT2D eigenvalue weighted by atomic mass is 9.91. The van der Waals surface area contributed by atoms with Crippen molar-refractivity contribution in [2.75, 3.05) is 38.3 Å². The van der Waals surface area contributed by atoms with Gasteiger partial charge in [0.1, 0.15) is 15.8 Å². The number of methoxy groups -OCH3 is 1. The summed E-state index contributed by atoms with van der Waals surface area (Å²) in [6.45, 7) is 9.11. The Labute approximate surface area is 203 Å². The van der Waals surface area contributed by atoms with Crippen LogP contribution in [0.15, 0.2) is 28.0 Å². The average Bonchev–Trinajstić information content (AvgIpc) is 3.02. The summed E-state index contributed by atoms with van der Waals surface area (Å²) in [4.78, 5) is 35.9. The number of hydrogen-bond acceptors (Lipinski definition) is 7.